The van der Waals surface area contributed by atoms with E-state index in [1.54, 1.807) is 30.0 Å². The molecule has 1 atom stereocenters. The molecule has 0 bridgehead atoms. The average Bonchev–Trinajstić information content (AvgIpc) is 2.52. The molecule has 0 fully saturated rings. The largest absolute Gasteiger partial charge is 0.469 e. The van der Waals surface area contributed by atoms with Gasteiger partial charge in [-0.1, -0.05) is 44.5 Å². The smallest absolute Gasteiger partial charge is 0.310 e. The zero-order chi connectivity index (χ0) is 17.4. The van der Waals surface area contributed by atoms with Gasteiger partial charge in [0.1, 0.15) is 0 Å². The van der Waals surface area contributed by atoms with Gasteiger partial charge >= 0.3 is 5.97 Å². The molecular weight excluding hydrogens is 314 g/mol. The first-order valence-corrected chi connectivity index (χ1v) is 8.01. The van der Waals surface area contributed by atoms with Gasteiger partial charge in [-0.3, -0.25) is 9.59 Å². The van der Waals surface area contributed by atoms with Gasteiger partial charge in [-0.25, -0.2) is 0 Å². The Kier molecular flexibility index (Phi) is 7.83. The highest BCUT2D eigenvalue weighted by Gasteiger charge is 2.20. The van der Waals surface area contributed by atoms with Crippen LogP contribution in [0.1, 0.15) is 26.3 Å². The van der Waals surface area contributed by atoms with Crippen molar-refractivity contribution in [3.63, 3.8) is 0 Å². The van der Waals surface area contributed by atoms with Crippen LogP contribution in [0.3, 0.4) is 0 Å². The van der Waals surface area contributed by atoms with Crippen molar-refractivity contribution in [2.75, 3.05) is 20.2 Å². The molecule has 0 aliphatic carbocycles. The number of hydrogen-bond donors (Lipinski definition) is 0. The molecule has 4 nitrogen and oxygen atoms in total. The summed E-state index contributed by atoms with van der Waals surface area (Å²) in [5, 5.41) is 0.654. The average molecular weight is 338 g/mol. The fourth-order valence-corrected chi connectivity index (χ4v) is 2.27. The summed E-state index contributed by atoms with van der Waals surface area (Å²) >= 11 is 5.84. The quantitative estimate of drug-likeness (QED) is 0.563. The highest BCUT2D eigenvalue weighted by atomic mass is 35.5. The molecule has 5 heteroatoms. The van der Waals surface area contributed by atoms with Crippen molar-refractivity contribution in [3.05, 3.63) is 40.9 Å². The zero-order valence-corrected chi connectivity index (χ0v) is 14.8. The second-order valence-electron chi connectivity index (χ2n) is 5.95. The van der Waals surface area contributed by atoms with Crippen LogP contribution >= 0.6 is 11.6 Å². The summed E-state index contributed by atoms with van der Waals surface area (Å²) in [7, 11) is 1.36. The van der Waals surface area contributed by atoms with Crippen LogP contribution in [-0.2, 0) is 14.3 Å². The fourth-order valence-electron chi connectivity index (χ4n) is 2.15. The van der Waals surface area contributed by atoms with Crippen molar-refractivity contribution in [2.45, 2.75) is 20.8 Å². The maximum Gasteiger partial charge on any atom is 0.310 e. The second kappa shape index (κ2) is 9.36. The number of rotatable bonds is 7. The molecule has 126 valence electrons. The van der Waals surface area contributed by atoms with E-state index >= 15 is 0 Å². The maximum atomic E-state index is 12.4. The van der Waals surface area contributed by atoms with E-state index < -0.39 is 0 Å². The molecule has 0 N–H and O–H groups in total. The van der Waals surface area contributed by atoms with Crippen LogP contribution in [0, 0.1) is 11.8 Å². The third-order valence-electron chi connectivity index (χ3n) is 3.28. The topological polar surface area (TPSA) is 46.6 Å². The zero-order valence-electron chi connectivity index (χ0n) is 14.1. The third kappa shape index (κ3) is 6.87. The Hall–Kier alpha value is -1.81. The van der Waals surface area contributed by atoms with Crippen LogP contribution in [0.15, 0.2) is 30.3 Å². The predicted molar refractivity (Wildman–Crippen MR) is 93.1 cm³/mol. The van der Waals surface area contributed by atoms with E-state index in [2.05, 4.69) is 0 Å². The van der Waals surface area contributed by atoms with Gasteiger partial charge in [0.05, 0.1) is 13.0 Å². The molecule has 0 saturated carbocycles. The molecule has 1 amide bonds. The van der Waals surface area contributed by atoms with E-state index in [4.69, 9.17) is 16.3 Å². The molecule has 1 aromatic carbocycles. The first kappa shape index (κ1) is 19.2. The van der Waals surface area contributed by atoms with Crippen LogP contribution in [-0.4, -0.2) is 37.0 Å². The van der Waals surface area contributed by atoms with Crippen molar-refractivity contribution < 1.29 is 14.3 Å². The summed E-state index contributed by atoms with van der Waals surface area (Å²) in [6.45, 7) is 6.76. The summed E-state index contributed by atoms with van der Waals surface area (Å²) in [5.74, 6) is -0.475. The first-order valence-electron chi connectivity index (χ1n) is 7.63. The monoisotopic (exact) mass is 337 g/mol. The van der Waals surface area contributed by atoms with E-state index in [0.717, 1.165) is 5.56 Å². The van der Waals surface area contributed by atoms with Crippen molar-refractivity contribution in [3.8, 4) is 0 Å². The van der Waals surface area contributed by atoms with E-state index in [1.807, 2.05) is 26.0 Å². The molecule has 1 aromatic rings. The van der Waals surface area contributed by atoms with Crippen LogP contribution < -0.4 is 0 Å². The lowest BCUT2D eigenvalue weighted by atomic mass is 10.1. The summed E-state index contributed by atoms with van der Waals surface area (Å²) in [6.07, 6.45) is 3.27. The number of ether oxygens (including phenoxy) is 1. The van der Waals surface area contributed by atoms with Gasteiger partial charge in [0.15, 0.2) is 0 Å². The number of halogens is 1. The molecule has 1 unspecified atom stereocenters. The molecule has 0 aliphatic heterocycles. The van der Waals surface area contributed by atoms with Crippen molar-refractivity contribution in [2.24, 2.45) is 11.8 Å². The normalized spacial score (nSPS) is 12.4. The number of nitrogens with zero attached hydrogens (tertiary/aromatic N) is 1. The number of benzene rings is 1. The van der Waals surface area contributed by atoms with Crippen LogP contribution in [0.25, 0.3) is 6.08 Å². The molecule has 1 rings (SSSR count). The second-order valence-corrected chi connectivity index (χ2v) is 6.38. The molecule has 0 radical (unpaired) electrons. The van der Waals surface area contributed by atoms with Crippen molar-refractivity contribution >= 4 is 29.6 Å². The van der Waals surface area contributed by atoms with Gasteiger partial charge in [0.2, 0.25) is 5.91 Å². The number of hydrogen-bond acceptors (Lipinski definition) is 3. The van der Waals surface area contributed by atoms with Gasteiger partial charge in [-0.15, -0.1) is 0 Å². The number of carbonyl (C=O) groups excluding carboxylic acids is 2. The summed E-state index contributed by atoms with van der Waals surface area (Å²) < 4.78 is 4.73. The molecule has 0 spiro atoms. The minimum Gasteiger partial charge on any atom is -0.469 e. The maximum absolute atomic E-state index is 12.4. The standard InChI is InChI=1S/C18H24ClNO3/c1-13(2)11-20(12-14(3)18(22)23-4)17(21)10-7-15-5-8-16(19)9-6-15/h5-10,13-14H,11-12H2,1-4H3/b10-7+. The van der Waals surface area contributed by atoms with Crippen LogP contribution in [0.4, 0.5) is 0 Å². The fraction of sp³-hybridized carbons (Fsp3) is 0.444. The molecule has 0 aliphatic rings. The van der Waals surface area contributed by atoms with Gasteiger partial charge in [0, 0.05) is 24.2 Å². The number of esters is 1. The lowest BCUT2D eigenvalue weighted by Crippen LogP contribution is -2.38. The van der Waals surface area contributed by atoms with Crippen LogP contribution in [0.2, 0.25) is 5.02 Å². The SMILES string of the molecule is COC(=O)C(C)CN(CC(C)C)C(=O)/C=C/c1ccc(Cl)cc1. The van der Waals surface area contributed by atoms with Gasteiger partial charge < -0.3 is 9.64 Å². The van der Waals surface area contributed by atoms with Gasteiger partial charge in [-0.2, -0.15) is 0 Å². The number of amides is 1. The number of carbonyl (C=O) groups is 2. The molecular formula is C18H24ClNO3. The molecule has 0 aromatic heterocycles. The van der Waals surface area contributed by atoms with E-state index in [0.29, 0.717) is 24.0 Å². The highest BCUT2D eigenvalue weighted by molar-refractivity contribution is 6.30. The Balaban J connectivity index is 2.78. The molecule has 0 saturated heterocycles. The Labute approximate surface area is 143 Å². The van der Waals surface area contributed by atoms with Crippen molar-refractivity contribution in [1.29, 1.82) is 0 Å². The Bertz CT molecular complexity index is 552. The van der Waals surface area contributed by atoms with E-state index in [1.165, 1.54) is 13.2 Å². The lowest BCUT2D eigenvalue weighted by molar-refractivity contribution is -0.146. The van der Waals surface area contributed by atoms with Crippen molar-refractivity contribution in [1.82, 2.24) is 4.90 Å². The highest BCUT2D eigenvalue weighted by Crippen LogP contribution is 2.12. The number of methoxy groups -OCH3 is 1. The third-order valence-corrected chi connectivity index (χ3v) is 3.54. The van der Waals surface area contributed by atoms with Gasteiger partial charge in [0.25, 0.3) is 0 Å². The van der Waals surface area contributed by atoms with E-state index in [9.17, 15) is 9.59 Å². The Morgan fingerprint density at radius 1 is 1.17 bits per heavy atom. The summed E-state index contributed by atoms with van der Waals surface area (Å²) in [5.41, 5.74) is 0.897. The van der Waals surface area contributed by atoms with E-state index in [-0.39, 0.29) is 17.8 Å². The minimum atomic E-state index is -0.355. The Morgan fingerprint density at radius 2 is 1.78 bits per heavy atom. The minimum absolute atomic E-state index is 0.121. The van der Waals surface area contributed by atoms with Crippen LogP contribution in [0.5, 0.6) is 0 Å². The first-order chi connectivity index (χ1) is 10.8. The van der Waals surface area contributed by atoms with Gasteiger partial charge in [-0.05, 0) is 29.7 Å². The molecule has 23 heavy (non-hydrogen) atoms. The predicted octanol–water partition coefficient (Wildman–Crippen LogP) is 3.65. The summed E-state index contributed by atoms with van der Waals surface area (Å²) in [4.78, 5) is 25.7. The molecule has 0 heterocycles. The summed E-state index contributed by atoms with van der Waals surface area (Å²) in [6, 6.07) is 7.24. The lowest BCUT2D eigenvalue weighted by Gasteiger charge is -2.25. The Morgan fingerprint density at radius 3 is 2.30 bits per heavy atom.